The first-order valence-electron chi connectivity index (χ1n) is 7.47. The summed E-state index contributed by atoms with van der Waals surface area (Å²) in [5.74, 6) is 0.478. The van der Waals surface area contributed by atoms with Crippen LogP contribution in [0.3, 0.4) is 0 Å². The minimum Gasteiger partial charge on any atom is -0.316 e. The highest BCUT2D eigenvalue weighted by Gasteiger charge is 2.14. The zero-order valence-corrected chi connectivity index (χ0v) is 13.1. The van der Waals surface area contributed by atoms with E-state index in [1.165, 1.54) is 15.3 Å². The summed E-state index contributed by atoms with van der Waals surface area (Å²) in [5, 5.41) is 4.70. The molecule has 0 saturated carbocycles. The van der Waals surface area contributed by atoms with E-state index in [0.717, 1.165) is 25.0 Å². The normalized spacial score (nSPS) is 12.6. The Bertz CT molecular complexity index is 658. The molecule has 0 bridgehead atoms. The molecule has 0 aliphatic rings. The lowest BCUT2D eigenvalue weighted by Crippen LogP contribution is -2.22. The summed E-state index contributed by atoms with van der Waals surface area (Å²) in [5.41, 5.74) is 2.51. The second-order valence-corrected chi connectivity index (χ2v) is 6.31. The third kappa shape index (κ3) is 3.49. The van der Waals surface area contributed by atoms with Crippen LogP contribution in [0, 0.1) is 0 Å². The maximum atomic E-state index is 4.78. The molecule has 3 heteroatoms. The van der Waals surface area contributed by atoms with Gasteiger partial charge in [0.15, 0.2) is 0 Å². The van der Waals surface area contributed by atoms with Gasteiger partial charge in [0.05, 0.1) is 15.2 Å². The highest BCUT2D eigenvalue weighted by atomic mass is 32.1. The van der Waals surface area contributed by atoms with Crippen LogP contribution in [0.1, 0.15) is 23.4 Å². The smallest absolute Gasteiger partial charge is 0.0945 e. The lowest BCUT2D eigenvalue weighted by molar-refractivity contribution is 0.594. The van der Waals surface area contributed by atoms with Crippen LogP contribution in [0.15, 0.2) is 54.6 Å². The van der Waals surface area contributed by atoms with E-state index in [0.29, 0.717) is 5.92 Å². The summed E-state index contributed by atoms with van der Waals surface area (Å²) in [6.07, 6.45) is 0.996. The van der Waals surface area contributed by atoms with E-state index in [-0.39, 0.29) is 0 Å². The average Bonchev–Trinajstić information content (AvgIpc) is 2.94. The molecule has 0 amide bonds. The molecule has 21 heavy (non-hydrogen) atoms. The molecule has 0 fully saturated rings. The number of hydrogen-bond acceptors (Lipinski definition) is 3. The summed E-state index contributed by atoms with van der Waals surface area (Å²) in [4.78, 5) is 4.78. The predicted molar refractivity (Wildman–Crippen MR) is 91.1 cm³/mol. The van der Waals surface area contributed by atoms with E-state index in [1.54, 1.807) is 0 Å². The Hall–Kier alpha value is -1.71. The lowest BCUT2D eigenvalue weighted by atomic mass is 9.96. The maximum Gasteiger partial charge on any atom is 0.0945 e. The number of benzene rings is 2. The van der Waals surface area contributed by atoms with Crippen LogP contribution in [0.2, 0.25) is 0 Å². The average molecular weight is 296 g/mol. The Morgan fingerprint density at radius 3 is 2.57 bits per heavy atom. The van der Waals surface area contributed by atoms with E-state index in [1.807, 2.05) is 11.3 Å². The largest absolute Gasteiger partial charge is 0.316 e. The molecule has 1 atom stereocenters. The van der Waals surface area contributed by atoms with Crippen LogP contribution in [-0.4, -0.2) is 18.1 Å². The molecule has 1 aromatic heterocycles. The van der Waals surface area contributed by atoms with Crippen molar-refractivity contribution in [3.8, 4) is 0 Å². The van der Waals surface area contributed by atoms with Crippen LogP contribution in [0.5, 0.6) is 0 Å². The Morgan fingerprint density at radius 2 is 1.81 bits per heavy atom. The molecule has 0 saturated heterocycles. The third-order valence-corrected chi connectivity index (χ3v) is 4.73. The van der Waals surface area contributed by atoms with Gasteiger partial charge in [0.1, 0.15) is 0 Å². The van der Waals surface area contributed by atoms with Gasteiger partial charge in [-0.25, -0.2) is 4.98 Å². The van der Waals surface area contributed by atoms with Crippen LogP contribution < -0.4 is 5.32 Å². The molecule has 2 nitrogen and oxygen atoms in total. The molecule has 108 valence electrons. The molecule has 1 heterocycles. The van der Waals surface area contributed by atoms with Gasteiger partial charge in [0.2, 0.25) is 0 Å². The van der Waals surface area contributed by atoms with Crippen molar-refractivity contribution in [2.75, 3.05) is 13.1 Å². The Balaban J connectivity index is 1.83. The van der Waals surface area contributed by atoms with Gasteiger partial charge in [-0.3, -0.25) is 0 Å². The first kappa shape index (κ1) is 14.2. The fraction of sp³-hybridized carbons (Fsp3) is 0.278. The van der Waals surface area contributed by atoms with Crippen LogP contribution in [-0.2, 0) is 6.42 Å². The number of fused-ring (bicyclic) bond motifs is 1. The second-order valence-electron chi connectivity index (χ2n) is 5.19. The number of para-hydroxylation sites is 1. The molecule has 3 aromatic rings. The molecule has 2 aromatic carbocycles. The number of hydrogen-bond donors (Lipinski definition) is 1. The fourth-order valence-electron chi connectivity index (χ4n) is 2.57. The maximum absolute atomic E-state index is 4.78. The third-order valence-electron chi connectivity index (χ3n) is 3.67. The molecular formula is C18H20N2S. The van der Waals surface area contributed by atoms with Crippen LogP contribution in [0.25, 0.3) is 10.2 Å². The molecule has 1 N–H and O–H groups in total. The van der Waals surface area contributed by atoms with Gasteiger partial charge in [0, 0.05) is 18.9 Å². The molecule has 0 radical (unpaired) electrons. The molecule has 1 unspecified atom stereocenters. The highest BCUT2D eigenvalue weighted by Crippen LogP contribution is 2.27. The number of rotatable bonds is 6. The van der Waals surface area contributed by atoms with Crippen LogP contribution in [0.4, 0.5) is 0 Å². The van der Waals surface area contributed by atoms with E-state index < -0.39 is 0 Å². The van der Waals surface area contributed by atoms with Crippen molar-refractivity contribution in [2.45, 2.75) is 19.3 Å². The molecule has 3 rings (SSSR count). The van der Waals surface area contributed by atoms with Crippen molar-refractivity contribution in [2.24, 2.45) is 0 Å². The number of thiazole rings is 1. The summed E-state index contributed by atoms with van der Waals surface area (Å²) in [6.45, 7) is 4.15. The summed E-state index contributed by atoms with van der Waals surface area (Å²) in [7, 11) is 0. The molecular weight excluding hydrogens is 276 g/mol. The quantitative estimate of drug-likeness (QED) is 0.736. The second kappa shape index (κ2) is 6.83. The number of nitrogens with one attached hydrogen (secondary N) is 1. The summed E-state index contributed by atoms with van der Waals surface area (Å²) in [6, 6.07) is 19.1. The van der Waals surface area contributed by atoms with Gasteiger partial charge in [-0.2, -0.15) is 0 Å². The van der Waals surface area contributed by atoms with Gasteiger partial charge in [-0.15, -0.1) is 11.3 Å². The zero-order valence-electron chi connectivity index (χ0n) is 12.3. The molecule has 0 aliphatic heterocycles. The van der Waals surface area contributed by atoms with Gasteiger partial charge >= 0.3 is 0 Å². The topological polar surface area (TPSA) is 24.9 Å². The number of aromatic nitrogens is 1. The van der Waals surface area contributed by atoms with Crippen LogP contribution >= 0.6 is 11.3 Å². The SMILES string of the molecule is CCNCC(Cc1nc2ccccc2s1)c1ccccc1. The van der Waals surface area contributed by atoms with Gasteiger partial charge in [-0.1, -0.05) is 49.4 Å². The van der Waals surface area contributed by atoms with Gasteiger partial charge in [-0.05, 0) is 24.2 Å². The van der Waals surface area contributed by atoms with E-state index >= 15 is 0 Å². The fourth-order valence-corrected chi connectivity index (χ4v) is 3.62. The Labute approximate surface area is 129 Å². The minimum absolute atomic E-state index is 0.478. The van der Waals surface area contributed by atoms with E-state index in [9.17, 15) is 0 Å². The van der Waals surface area contributed by atoms with Crippen molar-refractivity contribution in [1.82, 2.24) is 10.3 Å². The Morgan fingerprint density at radius 1 is 1.05 bits per heavy atom. The minimum atomic E-state index is 0.478. The zero-order chi connectivity index (χ0) is 14.5. The number of likely N-dealkylation sites (N-methyl/N-ethyl adjacent to an activating group) is 1. The first-order chi connectivity index (χ1) is 10.4. The van der Waals surface area contributed by atoms with Crippen molar-refractivity contribution in [1.29, 1.82) is 0 Å². The highest BCUT2D eigenvalue weighted by molar-refractivity contribution is 7.18. The molecule has 0 aliphatic carbocycles. The summed E-state index contributed by atoms with van der Waals surface area (Å²) >= 11 is 1.81. The van der Waals surface area contributed by atoms with Crippen molar-refractivity contribution in [3.05, 3.63) is 65.2 Å². The first-order valence-corrected chi connectivity index (χ1v) is 8.28. The van der Waals surface area contributed by atoms with Crippen molar-refractivity contribution >= 4 is 21.6 Å². The van der Waals surface area contributed by atoms with Crippen molar-refractivity contribution in [3.63, 3.8) is 0 Å². The van der Waals surface area contributed by atoms with Crippen molar-refractivity contribution < 1.29 is 0 Å². The standard InChI is InChI=1S/C18H20N2S/c1-2-19-13-15(14-8-4-3-5-9-14)12-18-20-16-10-6-7-11-17(16)21-18/h3-11,15,19H,2,12-13H2,1H3. The number of nitrogens with zero attached hydrogens (tertiary/aromatic N) is 1. The molecule has 0 spiro atoms. The van der Waals surface area contributed by atoms with E-state index in [4.69, 9.17) is 4.98 Å². The van der Waals surface area contributed by atoms with Gasteiger partial charge < -0.3 is 5.32 Å². The lowest BCUT2D eigenvalue weighted by Gasteiger charge is -2.16. The van der Waals surface area contributed by atoms with E-state index in [2.05, 4.69) is 66.8 Å². The Kier molecular flexibility index (Phi) is 4.63. The predicted octanol–water partition coefficient (Wildman–Crippen LogP) is 4.23. The summed E-state index contributed by atoms with van der Waals surface area (Å²) < 4.78 is 1.28. The van der Waals surface area contributed by atoms with Gasteiger partial charge in [0.25, 0.3) is 0 Å². The monoisotopic (exact) mass is 296 g/mol.